The van der Waals surface area contributed by atoms with Crippen molar-refractivity contribution in [2.45, 2.75) is 0 Å². The Morgan fingerprint density at radius 3 is 2.00 bits per heavy atom. The third-order valence-electron chi connectivity index (χ3n) is 7.54. The molecule has 0 bridgehead atoms. The highest BCUT2D eigenvalue weighted by atomic mass is 15.3. The Balaban J connectivity index is 1.12. The zero-order valence-corrected chi connectivity index (χ0v) is 22.0. The van der Waals surface area contributed by atoms with Gasteiger partial charge in [-0.2, -0.15) is 0 Å². The highest BCUT2D eigenvalue weighted by molar-refractivity contribution is 6.10. The van der Waals surface area contributed by atoms with Gasteiger partial charge < -0.3 is 0 Å². The van der Waals surface area contributed by atoms with E-state index in [1.807, 2.05) is 47.2 Å². The minimum atomic E-state index is 0.697. The molecule has 5 nitrogen and oxygen atoms in total. The fraction of sp³-hybridized carbons (Fsp3) is 0. The fourth-order valence-corrected chi connectivity index (χ4v) is 5.49. The van der Waals surface area contributed by atoms with Crippen LogP contribution >= 0.6 is 0 Å². The minimum Gasteiger partial charge on any atom is -0.254 e. The van der Waals surface area contributed by atoms with E-state index in [-0.39, 0.29) is 0 Å². The summed E-state index contributed by atoms with van der Waals surface area (Å²) in [5.41, 5.74) is 8.83. The van der Waals surface area contributed by atoms with Crippen LogP contribution in [-0.4, -0.2) is 24.6 Å². The van der Waals surface area contributed by atoms with Crippen LogP contribution in [0.5, 0.6) is 0 Å². The molecule has 0 spiro atoms. The van der Waals surface area contributed by atoms with Crippen LogP contribution < -0.4 is 0 Å². The largest absolute Gasteiger partial charge is 0.254 e. The summed E-state index contributed by atoms with van der Waals surface area (Å²) in [7, 11) is 0. The van der Waals surface area contributed by atoms with Crippen LogP contribution in [0.25, 0.3) is 72.4 Å². The van der Waals surface area contributed by atoms with Crippen LogP contribution in [0.2, 0.25) is 0 Å². The number of aromatic nitrogens is 5. The molecule has 0 atom stereocenters. The standard InChI is InChI=1S/C36H23N5/c1-2-9-25(10-3-1)28-14-8-22-41-36(28)39-35(40-41)26-18-16-24(17-19-26)27-20-21-33(37-23-27)34-31-13-5-4-11-29(31)30-12-6-7-15-32(30)38-34/h1-23H. The van der Waals surface area contributed by atoms with E-state index in [9.17, 15) is 0 Å². The summed E-state index contributed by atoms with van der Waals surface area (Å²) in [4.78, 5) is 14.7. The van der Waals surface area contributed by atoms with Crippen molar-refractivity contribution in [1.29, 1.82) is 0 Å². The molecular weight excluding hydrogens is 502 g/mol. The van der Waals surface area contributed by atoms with E-state index in [1.54, 1.807) is 0 Å². The molecule has 0 N–H and O–H groups in total. The van der Waals surface area contributed by atoms with Gasteiger partial charge >= 0.3 is 0 Å². The molecule has 0 saturated carbocycles. The first-order valence-electron chi connectivity index (χ1n) is 13.6. The Morgan fingerprint density at radius 1 is 0.488 bits per heavy atom. The molecule has 5 heteroatoms. The van der Waals surface area contributed by atoms with Gasteiger partial charge in [-0.25, -0.2) is 14.5 Å². The molecule has 0 amide bonds. The van der Waals surface area contributed by atoms with Crippen molar-refractivity contribution in [3.63, 3.8) is 0 Å². The van der Waals surface area contributed by atoms with Crippen molar-refractivity contribution in [1.82, 2.24) is 24.6 Å². The summed E-state index contributed by atoms with van der Waals surface area (Å²) in [6.07, 6.45) is 3.86. The van der Waals surface area contributed by atoms with E-state index in [1.165, 1.54) is 5.39 Å². The summed E-state index contributed by atoms with van der Waals surface area (Å²) < 4.78 is 1.85. The normalized spacial score (nSPS) is 11.4. The van der Waals surface area contributed by atoms with Crippen molar-refractivity contribution < 1.29 is 0 Å². The van der Waals surface area contributed by atoms with E-state index in [0.29, 0.717) is 5.82 Å². The molecule has 0 radical (unpaired) electrons. The van der Waals surface area contributed by atoms with Gasteiger partial charge in [0.25, 0.3) is 0 Å². The van der Waals surface area contributed by atoms with Gasteiger partial charge in [0.1, 0.15) is 0 Å². The van der Waals surface area contributed by atoms with Gasteiger partial charge in [-0.1, -0.05) is 103 Å². The number of hydrogen-bond donors (Lipinski definition) is 0. The molecule has 0 aliphatic rings. The second-order valence-corrected chi connectivity index (χ2v) is 10.0. The predicted molar refractivity (Wildman–Crippen MR) is 165 cm³/mol. The van der Waals surface area contributed by atoms with Crippen LogP contribution in [0.15, 0.2) is 140 Å². The molecule has 192 valence electrons. The van der Waals surface area contributed by atoms with Gasteiger partial charge in [-0.15, -0.1) is 5.10 Å². The Hall–Kier alpha value is -5.68. The molecule has 0 fully saturated rings. The number of fused-ring (bicyclic) bond motifs is 4. The second-order valence-electron chi connectivity index (χ2n) is 10.0. The fourth-order valence-electron chi connectivity index (χ4n) is 5.49. The zero-order chi connectivity index (χ0) is 27.2. The van der Waals surface area contributed by atoms with E-state index in [0.717, 1.165) is 61.1 Å². The van der Waals surface area contributed by atoms with Gasteiger partial charge in [0, 0.05) is 39.9 Å². The zero-order valence-electron chi connectivity index (χ0n) is 22.0. The van der Waals surface area contributed by atoms with Gasteiger partial charge in [0.2, 0.25) is 0 Å². The molecule has 8 aromatic rings. The number of pyridine rings is 3. The maximum Gasteiger partial charge on any atom is 0.182 e. The topological polar surface area (TPSA) is 56.0 Å². The van der Waals surface area contributed by atoms with Crippen molar-refractivity contribution in [3.05, 3.63) is 140 Å². The summed E-state index contributed by atoms with van der Waals surface area (Å²) in [5.74, 6) is 0.697. The lowest BCUT2D eigenvalue weighted by Gasteiger charge is -2.10. The Morgan fingerprint density at radius 2 is 1.20 bits per heavy atom. The van der Waals surface area contributed by atoms with Crippen molar-refractivity contribution >= 4 is 27.3 Å². The van der Waals surface area contributed by atoms with Gasteiger partial charge in [-0.3, -0.25) is 4.98 Å². The number of para-hydroxylation sites is 1. The monoisotopic (exact) mass is 525 g/mol. The minimum absolute atomic E-state index is 0.697. The summed E-state index contributed by atoms with van der Waals surface area (Å²) >= 11 is 0. The number of benzene rings is 4. The highest BCUT2D eigenvalue weighted by Crippen LogP contribution is 2.32. The predicted octanol–water partition coefficient (Wildman–Crippen LogP) is 8.49. The van der Waals surface area contributed by atoms with Gasteiger partial charge in [-0.05, 0) is 40.8 Å². The summed E-state index contributed by atoms with van der Waals surface area (Å²) in [6.45, 7) is 0. The van der Waals surface area contributed by atoms with Crippen molar-refractivity contribution in [3.8, 4) is 45.0 Å². The average molecular weight is 526 g/mol. The smallest absolute Gasteiger partial charge is 0.182 e. The van der Waals surface area contributed by atoms with Crippen molar-refractivity contribution in [2.75, 3.05) is 0 Å². The number of rotatable bonds is 4. The lowest BCUT2D eigenvalue weighted by Crippen LogP contribution is -1.92. The average Bonchev–Trinajstić information content (AvgIpc) is 3.50. The molecule has 0 saturated heterocycles. The number of hydrogen-bond acceptors (Lipinski definition) is 4. The molecule has 0 aliphatic heterocycles. The first kappa shape index (κ1) is 23.2. The molecule has 41 heavy (non-hydrogen) atoms. The van der Waals surface area contributed by atoms with E-state index >= 15 is 0 Å². The molecule has 0 unspecified atom stereocenters. The van der Waals surface area contributed by atoms with E-state index in [4.69, 9.17) is 20.1 Å². The Labute approximate surface area is 236 Å². The van der Waals surface area contributed by atoms with E-state index in [2.05, 4.69) is 97.1 Å². The summed E-state index contributed by atoms with van der Waals surface area (Å²) in [5, 5.41) is 8.19. The summed E-state index contributed by atoms with van der Waals surface area (Å²) in [6, 6.07) is 43.5. The van der Waals surface area contributed by atoms with Crippen LogP contribution in [0.3, 0.4) is 0 Å². The maximum atomic E-state index is 4.99. The van der Waals surface area contributed by atoms with Crippen molar-refractivity contribution in [2.24, 2.45) is 0 Å². The van der Waals surface area contributed by atoms with Gasteiger partial charge in [0.05, 0.1) is 16.9 Å². The number of nitrogens with zero attached hydrogens (tertiary/aromatic N) is 5. The molecule has 4 heterocycles. The molecule has 8 rings (SSSR count). The highest BCUT2D eigenvalue weighted by Gasteiger charge is 2.13. The third-order valence-corrected chi connectivity index (χ3v) is 7.54. The quantitative estimate of drug-likeness (QED) is 0.216. The van der Waals surface area contributed by atoms with Crippen LogP contribution in [0, 0.1) is 0 Å². The van der Waals surface area contributed by atoms with Crippen LogP contribution in [0.1, 0.15) is 0 Å². The molecule has 4 aromatic carbocycles. The Bertz CT molecular complexity index is 2180. The SMILES string of the molecule is c1ccc(-c2cccn3nc(-c4ccc(-c5ccc(-c6nc7ccccc7c7ccccc67)nc5)cc4)nc23)cc1. The van der Waals surface area contributed by atoms with Crippen LogP contribution in [-0.2, 0) is 0 Å². The molecule has 4 aromatic heterocycles. The lowest BCUT2D eigenvalue weighted by molar-refractivity contribution is 0.967. The Kier molecular flexibility index (Phi) is 5.38. The maximum absolute atomic E-state index is 4.99. The second kappa shape index (κ2) is 9.50. The molecule has 0 aliphatic carbocycles. The molecular formula is C36H23N5. The van der Waals surface area contributed by atoms with Crippen LogP contribution in [0.4, 0.5) is 0 Å². The first-order chi connectivity index (χ1) is 20.3. The van der Waals surface area contributed by atoms with Gasteiger partial charge in [0.15, 0.2) is 11.5 Å². The third kappa shape index (κ3) is 4.03. The lowest BCUT2D eigenvalue weighted by atomic mass is 10.0. The first-order valence-corrected chi connectivity index (χ1v) is 13.6. The van der Waals surface area contributed by atoms with E-state index < -0.39 is 0 Å².